The Balaban J connectivity index is -0.000000720. The normalized spacial score (nSPS) is 9.40. The summed E-state index contributed by atoms with van der Waals surface area (Å²) in [4.78, 5) is 30.0. The van der Waals surface area contributed by atoms with Crippen molar-refractivity contribution in [3.63, 3.8) is 0 Å². The molecule has 0 aliphatic carbocycles. The maximum absolute atomic E-state index is 10.1. The fourth-order valence-electron chi connectivity index (χ4n) is 0.684. The van der Waals surface area contributed by atoms with Crippen LogP contribution < -0.4 is 21.5 Å². The van der Waals surface area contributed by atoms with Crippen LogP contribution in [-0.4, -0.2) is 28.6 Å². The number of carboxylic acids is 3. The Morgan fingerprint density at radius 2 is 1.27 bits per heavy atom. The van der Waals surface area contributed by atoms with E-state index in [2.05, 4.69) is 0 Å². The van der Waals surface area contributed by atoms with E-state index < -0.39 is 36.4 Å². The monoisotopic (exact) mass is 270 g/mol. The van der Waals surface area contributed by atoms with Crippen molar-refractivity contribution >= 4 is 17.9 Å². The Bertz CT molecular complexity index is 238. The van der Waals surface area contributed by atoms with E-state index in [9.17, 15) is 29.7 Å². The van der Waals surface area contributed by atoms with Gasteiger partial charge in [0.15, 0.2) is 0 Å². The van der Waals surface area contributed by atoms with Crippen LogP contribution in [0.1, 0.15) is 12.8 Å². The zero-order valence-corrected chi connectivity index (χ0v) is 8.55. The summed E-state index contributed by atoms with van der Waals surface area (Å²) in [6.45, 7) is 0. The van der Waals surface area contributed by atoms with Crippen LogP contribution in [0, 0.1) is 0 Å². The van der Waals surface area contributed by atoms with Gasteiger partial charge in [-0.2, -0.15) is 0 Å². The van der Waals surface area contributed by atoms with Gasteiger partial charge in [-0.1, -0.05) is 0 Å². The van der Waals surface area contributed by atoms with Gasteiger partial charge in [0.25, 0.3) is 0 Å². The first-order valence-corrected chi connectivity index (χ1v) is 3.11. The van der Waals surface area contributed by atoms with Crippen molar-refractivity contribution in [2.75, 3.05) is 0 Å². The fourth-order valence-corrected chi connectivity index (χ4v) is 0.684. The second-order valence-electron chi connectivity index (χ2n) is 2.42. The molecular weight excluding hydrogens is 262 g/mol. The third kappa shape index (κ3) is 6.86. The summed E-state index contributed by atoms with van der Waals surface area (Å²) in [7, 11) is 0. The molecule has 91 valence electrons. The molecule has 0 aromatic carbocycles. The van der Waals surface area contributed by atoms with Gasteiger partial charge in [0.05, 0.1) is 5.97 Å². The zero-order chi connectivity index (χ0) is 10.6. The topological polar surface area (TPSA) is 177 Å². The first kappa shape index (κ1) is 19.4. The van der Waals surface area contributed by atoms with Crippen LogP contribution in [0.5, 0.6) is 0 Å². The average Bonchev–Trinajstić information content (AvgIpc) is 1.82. The molecule has 0 atom stereocenters. The summed E-state index contributed by atoms with van der Waals surface area (Å²) in [6, 6.07) is 0. The summed E-state index contributed by atoms with van der Waals surface area (Å²) in [5.41, 5.74) is -2.97. The minimum atomic E-state index is -2.97. The van der Waals surface area contributed by atoms with Crippen LogP contribution in [0.25, 0.3) is 0 Å². The number of rotatable bonds is 5. The van der Waals surface area contributed by atoms with Gasteiger partial charge < -0.3 is 41.0 Å². The van der Waals surface area contributed by atoms with E-state index in [1.807, 2.05) is 0 Å². The maximum Gasteiger partial charge on any atom is 2.00 e. The molecule has 5 N–H and O–H groups in total. The van der Waals surface area contributed by atoms with Gasteiger partial charge >= 0.3 is 17.1 Å². The van der Waals surface area contributed by atoms with Crippen molar-refractivity contribution in [2.24, 2.45) is 0 Å². The Hall–Kier alpha value is -1.15. The number of aliphatic hydroxyl groups is 1. The average molecular weight is 271 g/mol. The van der Waals surface area contributed by atoms with Gasteiger partial charge in [0.2, 0.25) is 0 Å². The molecule has 0 bridgehead atoms. The van der Waals surface area contributed by atoms with Crippen molar-refractivity contribution in [3.8, 4) is 0 Å². The van der Waals surface area contributed by atoms with E-state index in [4.69, 9.17) is 5.11 Å². The molecule has 0 spiro atoms. The number of aliphatic carboxylic acids is 3. The van der Waals surface area contributed by atoms with E-state index in [1.165, 1.54) is 0 Å². The number of hydrogen-bond acceptors (Lipinski definition) is 7. The van der Waals surface area contributed by atoms with E-state index in [0.29, 0.717) is 0 Å². The number of carboxylic acid groups (broad SMARTS) is 3. The second-order valence-corrected chi connectivity index (χ2v) is 2.42. The molecule has 0 aromatic rings. The van der Waals surface area contributed by atoms with E-state index in [-0.39, 0.29) is 23.2 Å². The van der Waals surface area contributed by atoms with Crippen molar-refractivity contribution in [2.45, 2.75) is 18.4 Å². The summed E-state index contributed by atoms with van der Waals surface area (Å²) in [5.74, 6) is -5.98. The van der Waals surface area contributed by atoms with Gasteiger partial charge in [-0.3, -0.25) is 0 Å². The van der Waals surface area contributed by atoms with Crippen molar-refractivity contribution in [3.05, 3.63) is 0 Å². The Labute approximate surface area is 95.0 Å². The molecule has 1 radical (unpaired) electrons. The molecule has 0 unspecified atom stereocenters. The molecule has 0 aliphatic rings. The molecule has 0 amide bonds. The Morgan fingerprint density at radius 1 is 1.00 bits per heavy atom. The first-order chi connectivity index (χ1) is 5.78. The van der Waals surface area contributed by atoms with E-state index in [1.54, 1.807) is 0 Å². The van der Waals surface area contributed by atoms with Gasteiger partial charge in [-0.05, 0) is 0 Å². The third-order valence-electron chi connectivity index (χ3n) is 1.25. The predicted molar refractivity (Wildman–Crippen MR) is 35.2 cm³/mol. The van der Waals surface area contributed by atoms with Gasteiger partial charge in [0.1, 0.15) is 5.60 Å². The SMILES string of the molecule is O=C([O-])CC(O)(CC(=O)[O-])C(=O)[O-].[Cu+2].[NH4+]. The minimum absolute atomic E-state index is 0. The Morgan fingerprint density at radius 3 is 1.40 bits per heavy atom. The maximum atomic E-state index is 10.1. The fraction of sp³-hybridized carbons (Fsp3) is 0.500. The van der Waals surface area contributed by atoms with Crippen LogP contribution in [0.4, 0.5) is 0 Å². The molecule has 0 aliphatic heterocycles. The first-order valence-electron chi connectivity index (χ1n) is 3.11. The van der Waals surface area contributed by atoms with Crippen LogP contribution in [0.3, 0.4) is 0 Å². The molecule has 0 heterocycles. The van der Waals surface area contributed by atoms with Crippen LogP contribution in [0.15, 0.2) is 0 Å². The molecule has 15 heavy (non-hydrogen) atoms. The molecule has 0 fully saturated rings. The molecule has 0 saturated carbocycles. The van der Waals surface area contributed by atoms with Crippen LogP contribution in [-0.2, 0) is 31.5 Å². The molecule has 8 nitrogen and oxygen atoms in total. The summed E-state index contributed by atoms with van der Waals surface area (Å²) >= 11 is 0. The third-order valence-corrected chi connectivity index (χ3v) is 1.25. The van der Waals surface area contributed by atoms with Crippen LogP contribution >= 0.6 is 0 Å². The second kappa shape index (κ2) is 7.18. The van der Waals surface area contributed by atoms with E-state index >= 15 is 0 Å². The summed E-state index contributed by atoms with van der Waals surface area (Å²) in [5, 5.41) is 38.9. The smallest absolute Gasteiger partial charge is 0.550 e. The molecule has 0 rings (SSSR count). The zero-order valence-electron chi connectivity index (χ0n) is 7.61. The van der Waals surface area contributed by atoms with Crippen molar-refractivity contribution < 1.29 is 51.9 Å². The standard InChI is InChI=1S/C6H8O7.Cu.H3N/c7-3(8)1-6(13,5(11)12)2-4(9)10;;/h13H,1-2H2,(H,7,8)(H,9,10)(H,11,12);;1H3/q;+2;/p-2. The van der Waals surface area contributed by atoms with Gasteiger partial charge in [-0.15, -0.1) is 0 Å². The molecule has 9 heteroatoms. The van der Waals surface area contributed by atoms with Gasteiger partial charge in [0, 0.05) is 24.8 Å². The summed E-state index contributed by atoms with van der Waals surface area (Å²) < 4.78 is 0. The van der Waals surface area contributed by atoms with Crippen molar-refractivity contribution in [1.29, 1.82) is 0 Å². The molecule has 0 saturated heterocycles. The largest absolute Gasteiger partial charge is 2.00 e. The summed E-state index contributed by atoms with van der Waals surface area (Å²) in [6.07, 6.45) is -2.72. The predicted octanol–water partition coefficient (Wildman–Crippen LogP) is -4.88. The molecular formula is C6H9CuNO7. The van der Waals surface area contributed by atoms with Gasteiger partial charge in [-0.25, -0.2) is 0 Å². The minimum Gasteiger partial charge on any atom is -0.550 e. The Kier molecular flexibility index (Phi) is 9.30. The number of carbonyl (C=O) groups excluding carboxylic acids is 3. The number of quaternary nitrogens is 1. The van der Waals surface area contributed by atoms with Crippen LogP contribution in [0.2, 0.25) is 0 Å². The molecule has 0 aromatic heterocycles. The number of carbonyl (C=O) groups is 3. The van der Waals surface area contributed by atoms with E-state index in [0.717, 1.165) is 0 Å². The van der Waals surface area contributed by atoms with Crippen molar-refractivity contribution in [1.82, 2.24) is 6.15 Å². The quantitative estimate of drug-likeness (QED) is 0.470. The number of hydrogen-bond donors (Lipinski definition) is 2.